The minimum atomic E-state index is -2.70. The molecule has 0 fully saturated rings. The Kier molecular flexibility index (Phi) is 2.29. The van der Waals surface area contributed by atoms with E-state index in [2.05, 4.69) is 0 Å². The molecule has 0 unspecified atom stereocenters. The first-order valence-corrected chi connectivity index (χ1v) is 7.72. The highest BCUT2D eigenvalue weighted by Gasteiger charge is 2.37. The second-order valence-electron chi connectivity index (χ2n) is 4.46. The maximum Gasteiger partial charge on any atom is 0.144 e. The molecule has 1 aliphatic heterocycles. The van der Waals surface area contributed by atoms with Crippen molar-refractivity contribution in [1.29, 1.82) is 0 Å². The molecule has 92 valence electrons. The Morgan fingerprint density at radius 2 is 1.39 bits per heavy atom. The second kappa shape index (κ2) is 3.63. The SMILES string of the molecule is CCP1(=O)c2cc(O)ccc2-c2ccc(O)cc21. The van der Waals surface area contributed by atoms with Gasteiger partial charge in [0.15, 0.2) is 0 Å². The number of rotatable bonds is 1. The summed E-state index contributed by atoms with van der Waals surface area (Å²) in [4.78, 5) is 0. The van der Waals surface area contributed by atoms with E-state index in [0.29, 0.717) is 16.8 Å². The van der Waals surface area contributed by atoms with Crippen LogP contribution in [0.3, 0.4) is 0 Å². The summed E-state index contributed by atoms with van der Waals surface area (Å²) < 4.78 is 13.1. The van der Waals surface area contributed by atoms with Gasteiger partial charge in [-0.2, -0.15) is 0 Å². The van der Waals surface area contributed by atoms with Crippen molar-refractivity contribution in [3.8, 4) is 22.6 Å². The fraction of sp³-hybridized carbons (Fsp3) is 0.143. The van der Waals surface area contributed by atoms with Crippen molar-refractivity contribution in [2.24, 2.45) is 0 Å². The maximum absolute atomic E-state index is 13.1. The molecule has 0 radical (unpaired) electrons. The predicted octanol–water partition coefficient (Wildman–Crippen LogP) is 2.41. The van der Waals surface area contributed by atoms with Crippen molar-refractivity contribution in [2.75, 3.05) is 6.16 Å². The van der Waals surface area contributed by atoms with Crippen molar-refractivity contribution in [2.45, 2.75) is 6.92 Å². The molecule has 0 saturated heterocycles. The van der Waals surface area contributed by atoms with Gasteiger partial charge in [-0.25, -0.2) is 0 Å². The van der Waals surface area contributed by atoms with E-state index in [0.717, 1.165) is 11.1 Å². The smallest absolute Gasteiger partial charge is 0.144 e. The molecule has 0 spiro atoms. The molecule has 3 nitrogen and oxygen atoms in total. The maximum atomic E-state index is 13.1. The molecule has 0 aromatic heterocycles. The van der Waals surface area contributed by atoms with Crippen molar-refractivity contribution in [3.63, 3.8) is 0 Å². The molecule has 0 amide bonds. The van der Waals surface area contributed by atoms with Gasteiger partial charge in [-0.05, 0) is 47.5 Å². The van der Waals surface area contributed by atoms with E-state index >= 15 is 0 Å². The van der Waals surface area contributed by atoms with Crippen LogP contribution in [0.5, 0.6) is 11.5 Å². The van der Waals surface area contributed by atoms with Gasteiger partial charge in [0, 0.05) is 16.8 Å². The lowest BCUT2D eigenvalue weighted by Gasteiger charge is -2.12. The number of benzene rings is 2. The quantitative estimate of drug-likeness (QED) is 0.774. The molecule has 1 aliphatic rings. The molecule has 0 bridgehead atoms. The van der Waals surface area contributed by atoms with Crippen LogP contribution in [0.1, 0.15) is 6.92 Å². The van der Waals surface area contributed by atoms with E-state index in [9.17, 15) is 14.8 Å². The van der Waals surface area contributed by atoms with E-state index in [1.807, 2.05) is 6.92 Å². The predicted molar refractivity (Wildman–Crippen MR) is 72.6 cm³/mol. The average molecular weight is 260 g/mol. The van der Waals surface area contributed by atoms with Crippen LogP contribution in [0.4, 0.5) is 0 Å². The average Bonchev–Trinajstić information content (AvgIpc) is 2.60. The Balaban J connectivity index is 2.41. The molecular weight excluding hydrogens is 247 g/mol. The van der Waals surface area contributed by atoms with Gasteiger partial charge in [0.1, 0.15) is 18.6 Å². The largest absolute Gasteiger partial charge is 0.508 e. The first kappa shape index (κ1) is 11.4. The van der Waals surface area contributed by atoms with Crippen LogP contribution in [0, 0.1) is 0 Å². The van der Waals surface area contributed by atoms with Crippen molar-refractivity contribution in [1.82, 2.24) is 0 Å². The van der Waals surface area contributed by atoms with Gasteiger partial charge in [0.25, 0.3) is 0 Å². The zero-order valence-corrected chi connectivity index (χ0v) is 10.8. The van der Waals surface area contributed by atoms with Crippen LogP contribution >= 0.6 is 7.14 Å². The van der Waals surface area contributed by atoms with E-state index in [4.69, 9.17) is 0 Å². The molecule has 4 heteroatoms. The van der Waals surface area contributed by atoms with Crippen molar-refractivity contribution >= 4 is 17.8 Å². The van der Waals surface area contributed by atoms with Crippen LogP contribution in [0.25, 0.3) is 11.1 Å². The zero-order chi connectivity index (χ0) is 12.9. The number of fused-ring (bicyclic) bond motifs is 3. The Morgan fingerprint density at radius 3 is 1.78 bits per heavy atom. The number of hydrogen-bond acceptors (Lipinski definition) is 3. The van der Waals surface area contributed by atoms with Crippen LogP contribution in [-0.4, -0.2) is 16.4 Å². The van der Waals surface area contributed by atoms with E-state index in [1.165, 1.54) is 0 Å². The normalized spacial score (nSPS) is 15.2. The second-order valence-corrected chi connectivity index (χ2v) is 7.53. The minimum absolute atomic E-state index is 0.124. The van der Waals surface area contributed by atoms with Crippen molar-refractivity contribution in [3.05, 3.63) is 36.4 Å². The summed E-state index contributed by atoms with van der Waals surface area (Å²) in [5.41, 5.74) is 1.79. The third-order valence-electron chi connectivity index (χ3n) is 3.48. The summed E-state index contributed by atoms with van der Waals surface area (Å²) in [6.45, 7) is 1.87. The molecular formula is C14H13O3P. The number of phenolic OH excluding ortho intramolecular Hbond substituents is 2. The first-order chi connectivity index (χ1) is 8.56. The van der Waals surface area contributed by atoms with Gasteiger partial charge in [-0.3, -0.25) is 0 Å². The lowest BCUT2D eigenvalue weighted by molar-refractivity contribution is 0.475. The van der Waals surface area contributed by atoms with Gasteiger partial charge in [-0.15, -0.1) is 0 Å². The van der Waals surface area contributed by atoms with E-state index in [-0.39, 0.29) is 11.5 Å². The van der Waals surface area contributed by atoms with Gasteiger partial charge in [0.2, 0.25) is 0 Å². The fourth-order valence-corrected chi connectivity index (χ4v) is 5.35. The molecule has 0 aliphatic carbocycles. The minimum Gasteiger partial charge on any atom is -0.508 e. The Labute approximate surface area is 105 Å². The highest BCUT2D eigenvalue weighted by Crippen LogP contribution is 2.53. The highest BCUT2D eigenvalue weighted by atomic mass is 31.2. The Hall–Kier alpha value is -1.73. The van der Waals surface area contributed by atoms with E-state index < -0.39 is 7.14 Å². The molecule has 18 heavy (non-hydrogen) atoms. The Bertz CT molecular complexity index is 636. The number of phenols is 2. The van der Waals surface area contributed by atoms with Crippen molar-refractivity contribution < 1.29 is 14.8 Å². The van der Waals surface area contributed by atoms with Gasteiger partial charge >= 0.3 is 0 Å². The van der Waals surface area contributed by atoms with E-state index in [1.54, 1.807) is 36.4 Å². The summed E-state index contributed by atoms with van der Waals surface area (Å²) in [7, 11) is -2.70. The topological polar surface area (TPSA) is 57.5 Å². The van der Waals surface area contributed by atoms with Crippen LogP contribution < -0.4 is 10.6 Å². The molecule has 2 aromatic rings. The first-order valence-electron chi connectivity index (χ1n) is 5.83. The summed E-state index contributed by atoms with van der Waals surface area (Å²) in [6.07, 6.45) is 0.486. The molecule has 0 atom stereocenters. The molecule has 0 saturated carbocycles. The summed E-state index contributed by atoms with van der Waals surface area (Å²) >= 11 is 0. The molecule has 2 N–H and O–H groups in total. The number of hydrogen-bond donors (Lipinski definition) is 2. The molecule has 1 heterocycles. The monoisotopic (exact) mass is 260 g/mol. The van der Waals surface area contributed by atoms with Crippen LogP contribution in [0.2, 0.25) is 0 Å². The van der Waals surface area contributed by atoms with Gasteiger partial charge in [-0.1, -0.05) is 6.92 Å². The highest BCUT2D eigenvalue weighted by molar-refractivity contribution is 7.79. The van der Waals surface area contributed by atoms with Gasteiger partial charge < -0.3 is 14.8 Å². The van der Waals surface area contributed by atoms with Crippen LogP contribution in [0.15, 0.2) is 36.4 Å². The summed E-state index contributed by atoms with van der Waals surface area (Å²) in [5.74, 6) is 0.249. The molecule has 3 rings (SSSR count). The Morgan fingerprint density at radius 1 is 0.944 bits per heavy atom. The lowest BCUT2D eigenvalue weighted by atomic mass is 10.1. The number of aromatic hydroxyl groups is 2. The third kappa shape index (κ3) is 1.34. The van der Waals surface area contributed by atoms with Crippen LogP contribution in [-0.2, 0) is 4.57 Å². The summed E-state index contributed by atoms with van der Waals surface area (Å²) in [5, 5.41) is 20.6. The fourth-order valence-electron chi connectivity index (χ4n) is 2.56. The summed E-state index contributed by atoms with van der Waals surface area (Å²) in [6, 6.07) is 9.93. The zero-order valence-electron chi connectivity index (χ0n) is 9.92. The third-order valence-corrected chi connectivity index (χ3v) is 6.66. The lowest BCUT2D eigenvalue weighted by Crippen LogP contribution is -2.11. The molecule has 2 aromatic carbocycles. The standard InChI is InChI=1S/C14H13O3P/c1-2-18(17)13-7-9(15)3-5-11(13)12-6-4-10(16)8-14(12)18/h3-8,15-16H,2H2,1H3. The van der Waals surface area contributed by atoms with Gasteiger partial charge in [0.05, 0.1) is 0 Å².